The second kappa shape index (κ2) is 3.29. The minimum Gasteiger partial charge on any atom is -0.508 e. The molecule has 0 aromatic heterocycles. The lowest BCUT2D eigenvalue weighted by molar-refractivity contribution is 0.401. The summed E-state index contributed by atoms with van der Waals surface area (Å²) in [4.78, 5) is 2.29. The molecule has 2 rings (SSSR count). The first-order chi connectivity index (χ1) is 6.27. The molecule has 1 fully saturated rings. The van der Waals surface area contributed by atoms with E-state index in [0.717, 1.165) is 0 Å². The minimum absolute atomic E-state index is 0.339. The van der Waals surface area contributed by atoms with E-state index in [9.17, 15) is 0 Å². The van der Waals surface area contributed by atoms with Gasteiger partial charge in [0.1, 0.15) is 5.75 Å². The normalized spacial score (nSPS) is 16.7. The molecule has 1 aromatic carbocycles. The number of anilines is 1. The second-order valence-electron chi connectivity index (χ2n) is 3.71. The van der Waals surface area contributed by atoms with E-state index in [1.54, 1.807) is 12.1 Å². The van der Waals surface area contributed by atoms with Crippen LogP contribution in [0, 0.1) is 0 Å². The summed E-state index contributed by atoms with van der Waals surface area (Å²) in [5, 5.41) is 9.13. The van der Waals surface area contributed by atoms with Gasteiger partial charge in [0.2, 0.25) is 0 Å². The van der Waals surface area contributed by atoms with E-state index < -0.39 is 0 Å². The fourth-order valence-electron chi connectivity index (χ4n) is 1.67. The Balaban J connectivity index is 2.10. The van der Waals surface area contributed by atoms with Gasteiger partial charge in [-0.1, -0.05) is 0 Å². The van der Waals surface area contributed by atoms with Crippen molar-refractivity contribution < 1.29 is 5.11 Å². The highest BCUT2D eigenvalue weighted by Gasteiger charge is 2.21. The number of phenolic OH excluding ortho intramolecular Hbond substituents is 1. The quantitative estimate of drug-likeness (QED) is 0.749. The second-order valence-corrected chi connectivity index (χ2v) is 3.71. The molecule has 1 N–H and O–H groups in total. The molecule has 0 unspecified atom stereocenters. The predicted molar refractivity (Wildman–Crippen MR) is 54.1 cm³/mol. The van der Waals surface area contributed by atoms with Gasteiger partial charge < -0.3 is 10.0 Å². The smallest absolute Gasteiger partial charge is 0.115 e. The van der Waals surface area contributed by atoms with E-state index >= 15 is 0 Å². The molecule has 0 amide bonds. The van der Waals surface area contributed by atoms with Gasteiger partial charge >= 0.3 is 0 Å². The Morgan fingerprint density at radius 3 is 2.31 bits per heavy atom. The summed E-state index contributed by atoms with van der Waals surface area (Å²) in [7, 11) is 2.12. The predicted octanol–water partition coefficient (Wildman–Crippen LogP) is 2.38. The van der Waals surface area contributed by atoms with Gasteiger partial charge in [0.05, 0.1) is 0 Å². The van der Waals surface area contributed by atoms with Crippen molar-refractivity contribution in [1.82, 2.24) is 0 Å². The molecule has 0 saturated heterocycles. The standard InChI is InChI=1S/C11H15NO/c1-12(9-3-2-4-9)10-5-7-11(13)8-6-10/h5-9,13H,2-4H2,1H3. The molecule has 70 valence electrons. The van der Waals surface area contributed by atoms with Gasteiger partial charge in [0, 0.05) is 18.8 Å². The molecule has 1 saturated carbocycles. The zero-order valence-electron chi connectivity index (χ0n) is 7.90. The van der Waals surface area contributed by atoms with E-state index in [2.05, 4.69) is 11.9 Å². The fraction of sp³-hybridized carbons (Fsp3) is 0.455. The number of rotatable bonds is 2. The molecule has 0 atom stereocenters. The lowest BCUT2D eigenvalue weighted by atomic mass is 9.91. The van der Waals surface area contributed by atoms with Crippen molar-refractivity contribution in [3.63, 3.8) is 0 Å². The van der Waals surface area contributed by atoms with Gasteiger partial charge in [-0.05, 0) is 43.5 Å². The van der Waals surface area contributed by atoms with Gasteiger partial charge in [0.25, 0.3) is 0 Å². The van der Waals surface area contributed by atoms with E-state index in [1.165, 1.54) is 24.9 Å². The maximum Gasteiger partial charge on any atom is 0.115 e. The van der Waals surface area contributed by atoms with Crippen molar-refractivity contribution in [2.75, 3.05) is 11.9 Å². The molecule has 2 nitrogen and oxygen atoms in total. The third-order valence-electron chi connectivity index (χ3n) is 2.88. The van der Waals surface area contributed by atoms with Gasteiger partial charge in [0.15, 0.2) is 0 Å². The Kier molecular flexibility index (Phi) is 2.13. The highest BCUT2D eigenvalue weighted by molar-refractivity contribution is 5.49. The lowest BCUT2D eigenvalue weighted by Crippen LogP contribution is -2.36. The number of hydrogen-bond acceptors (Lipinski definition) is 2. The Morgan fingerprint density at radius 2 is 1.85 bits per heavy atom. The molecule has 0 spiro atoms. The maximum absolute atomic E-state index is 9.13. The molecular weight excluding hydrogens is 162 g/mol. The Hall–Kier alpha value is -1.18. The van der Waals surface area contributed by atoms with E-state index in [0.29, 0.717) is 11.8 Å². The summed E-state index contributed by atoms with van der Waals surface area (Å²) in [6, 6.07) is 8.13. The summed E-state index contributed by atoms with van der Waals surface area (Å²) in [5.74, 6) is 0.339. The number of phenols is 1. The zero-order chi connectivity index (χ0) is 9.26. The molecule has 0 aliphatic heterocycles. The number of nitrogens with zero attached hydrogens (tertiary/aromatic N) is 1. The minimum atomic E-state index is 0.339. The van der Waals surface area contributed by atoms with Crippen LogP contribution in [-0.2, 0) is 0 Å². The molecule has 0 heterocycles. The van der Waals surface area contributed by atoms with Gasteiger partial charge in [-0.15, -0.1) is 0 Å². The molecule has 1 aliphatic rings. The fourth-order valence-corrected chi connectivity index (χ4v) is 1.67. The average Bonchev–Trinajstić information content (AvgIpc) is 2.02. The van der Waals surface area contributed by atoms with Crippen molar-refractivity contribution in [2.24, 2.45) is 0 Å². The first kappa shape index (κ1) is 8.42. The summed E-state index contributed by atoms with van der Waals surface area (Å²) in [5.41, 5.74) is 1.20. The first-order valence-electron chi connectivity index (χ1n) is 4.79. The molecule has 0 bridgehead atoms. The Bertz CT molecular complexity index is 277. The lowest BCUT2D eigenvalue weighted by Gasteiger charge is -2.36. The summed E-state index contributed by atoms with van der Waals surface area (Å²) in [6.07, 6.45) is 3.96. The number of benzene rings is 1. The van der Waals surface area contributed by atoms with Crippen LogP contribution in [0.4, 0.5) is 5.69 Å². The monoisotopic (exact) mass is 177 g/mol. The summed E-state index contributed by atoms with van der Waals surface area (Å²) < 4.78 is 0. The van der Waals surface area contributed by atoms with Crippen LogP contribution in [0.15, 0.2) is 24.3 Å². The molecule has 1 aromatic rings. The maximum atomic E-state index is 9.13. The van der Waals surface area contributed by atoms with Crippen LogP contribution in [0.5, 0.6) is 5.75 Å². The van der Waals surface area contributed by atoms with E-state index in [4.69, 9.17) is 5.11 Å². The molecule has 0 radical (unpaired) electrons. The van der Waals surface area contributed by atoms with Gasteiger partial charge in [-0.3, -0.25) is 0 Å². The summed E-state index contributed by atoms with van der Waals surface area (Å²) >= 11 is 0. The Morgan fingerprint density at radius 1 is 1.23 bits per heavy atom. The van der Waals surface area contributed by atoms with Crippen LogP contribution < -0.4 is 4.90 Å². The average molecular weight is 177 g/mol. The van der Waals surface area contributed by atoms with Crippen LogP contribution in [0.1, 0.15) is 19.3 Å². The van der Waals surface area contributed by atoms with E-state index in [-0.39, 0.29) is 0 Å². The SMILES string of the molecule is CN(c1ccc(O)cc1)C1CCC1. The van der Waals surface area contributed by atoms with Crippen LogP contribution in [0.25, 0.3) is 0 Å². The topological polar surface area (TPSA) is 23.5 Å². The van der Waals surface area contributed by atoms with E-state index in [1.807, 2.05) is 12.1 Å². The van der Waals surface area contributed by atoms with Gasteiger partial charge in [-0.2, -0.15) is 0 Å². The molecule has 2 heteroatoms. The summed E-state index contributed by atoms with van der Waals surface area (Å²) in [6.45, 7) is 0. The van der Waals surface area contributed by atoms with Gasteiger partial charge in [-0.25, -0.2) is 0 Å². The first-order valence-corrected chi connectivity index (χ1v) is 4.79. The number of aromatic hydroxyl groups is 1. The van der Waals surface area contributed by atoms with Crippen LogP contribution in [0.2, 0.25) is 0 Å². The van der Waals surface area contributed by atoms with Crippen molar-refractivity contribution in [2.45, 2.75) is 25.3 Å². The largest absolute Gasteiger partial charge is 0.508 e. The van der Waals surface area contributed by atoms with Crippen molar-refractivity contribution in [3.05, 3.63) is 24.3 Å². The van der Waals surface area contributed by atoms with Crippen LogP contribution in [-0.4, -0.2) is 18.2 Å². The highest BCUT2D eigenvalue weighted by Crippen LogP contribution is 2.28. The van der Waals surface area contributed by atoms with Crippen molar-refractivity contribution in [1.29, 1.82) is 0 Å². The highest BCUT2D eigenvalue weighted by atomic mass is 16.3. The third-order valence-corrected chi connectivity index (χ3v) is 2.88. The molecule has 13 heavy (non-hydrogen) atoms. The zero-order valence-corrected chi connectivity index (χ0v) is 7.90. The Labute approximate surface area is 78.8 Å². The van der Waals surface area contributed by atoms with Crippen LogP contribution in [0.3, 0.4) is 0 Å². The molecule has 1 aliphatic carbocycles. The van der Waals surface area contributed by atoms with Crippen molar-refractivity contribution >= 4 is 5.69 Å². The van der Waals surface area contributed by atoms with Crippen LogP contribution >= 0.6 is 0 Å². The number of hydrogen-bond donors (Lipinski definition) is 1. The van der Waals surface area contributed by atoms with Crippen molar-refractivity contribution in [3.8, 4) is 5.75 Å². The third kappa shape index (κ3) is 1.62. The molecular formula is C11H15NO.